The monoisotopic (exact) mass is 207 g/mol. The minimum absolute atomic E-state index is 0.957. The Morgan fingerprint density at radius 2 is 1.20 bits per heavy atom. The van der Waals surface area contributed by atoms with E-state index in [1.54, 1.807) is 6.42 Å². The zero-order valence-electron chi connectivity index (χ0n) is 10.1. The quantitative estimate of drug-likeness (QED) is 0.588. The molecule has 2 saturated carbocycles. The van der Waals surface area contributed by atoms with E-state index in [1.165, 1.54) is 51.4 Å². The highest BCUT2D eigenvalue weighted by Crippen LogP contribution is 2.44. The smallest absolute Gasteiger partial charge is 0.0124 e. The minimum atomic E-state index is 0.957. The Balaban J connectivity index is 1.76. The fraction of sp³-hybridized carbons (Fsp3) is 1.00. The van der Waals surface area contributed by atoms with Crippen LogP contribution in [0.2, 0.25) is 0 Å². The van der Waals surface area contributed by atoms with Gasteiger partial charge in [-0.3, -0.25) is 4.90 Å². The Hall–Kier alpha value is -0.0400. The highest BCUT2D eigenvalue weighted by Gasteiger charge is 2.42. The predicted molar refractivity (Wildman–Crippen MR) is 63.9 cm³/mol. The number of nitrogens with zero attached hydrogens (tertiary/aromatic N) is 1. The first kappa shape index (κ1) is 10.1. The largest absolute Gasteiger partial charge is 0.300 e. The minimum Gasteiger partial charge on any atom is -0.300 e. The molecule has 0 spiro atoms. The van der Waals surface area contributed by atoms with Crippen LogP contribution in [0, 0.1) is 11.8 Å². The van der Waals surface area contributed by atoms with Crippen molar-refractivity contribution >= 4 is 0 Å². The van der Waals surface area contributed by atoms with Crippen LogP contribution in [0.1, 0.15) is 57.8 Å². The standard InChI is InChI=1S/C14H25N/c1-15-13-8-4-2-6-11(13)10-12-7-3-5-9-14(12)15/h11-14H,2-10H2,1H3/t11-,12+,13-,14+. The Kier molecular flexibility index (Phi) is 2.76. The molecule has 2 aliphatic carbocycles. The van der Waals surface area contributed by atoms with Crippen LogP contribution >= 0.6 is 0 Å². The van der Waals surface area contributed by atoms with Crippen LogP contribution in [0.3, 0.4) is 0 Å². The van der Waals surface area contributed by atoms with Crippen molar-refractivity contribution < 1.29 is 0 Å². The average Bonchev–Trinajstić information content (AvgIpc) is 2.30. The topological polar surface area (TPSA) is 3.24 Å². The van der Waals surface area contributed by atoms with Crippen molar-refractivity contribution in [3.63, 3.8) is 0 Å². The Morgan fingerprint density at radius 3 is 1.73 bits per heavy atom. The van der Waals surface area contributed by atoms with Gasteiger partial charge in [-0.05, 0) is 51.0 Å². The molecule has 0 bridgehead atoms. The maximum Gasteiger partial charge on any atom is 0.0124 e. The molecule has 0 aromatic heterocycles. The van der Waals surface area contributed by atoms with Crippen molar-refractivity contribution in [1.82, 2.24) is 4.90 Å². The first-order valence-corrected chi connectivity index (χ1v) is 7.08. The van der Waals surface area contributed by atoms with Crippen LogP contribution in [0.15, 0.2) is 0 Å². The van der Waals surface area contributed by atoms with Gasteiger partial charge in [0.1, 0.15) is 0 Å². The highest BCUT2D eigenvalue weighted by molar-refractivity contribution is 4.96. The molecular weight excluding hydrogens is 182 g/mol. The molecule has 0 amide bonds. The summed E-state index contributed by atoms with van der Waals surface area (Å²) in [6.07, 6.45) is 13.6. The summed E-state index contributed by atoms with van der Waals surface area (Å²) in [7, 11) is 2.42. The lowest BCUT2D eigenvalue weighted by molar-refractivity contribution is -0.0208. The molecule has 0 unspecified atom stereocenters. The summed E-state index contributed by atoms with van der Waals surface area (Å²) in [4.78, 5) is 2.79. The summed E-state index contributed by atoms with van der Waals surface area (Å²) in [6.45, 7) is 0. The number of hydrogen-bond acceptors (Lipinski definition) is 1. The molecule has 3 aliphatic rings. The number of likely N-dealkylation sites (tertiary alicyclic amines) is 1. The Morgan fingerprint density at radius 1 is 0.733 bits per heavy atom. The van der Waals surface area contributed by atoms with E-state index < -0.39 is 0 Å². The van der Waals surface area contributed by atoms with Gasteiger partial charge in [0.15, 0.2) is 0 Å². The molecule has 1 nitrogen and oxygen atoms in total. The SMILES string of the molecule is CN1[C@@H]2CCCC[C@@H]2C[C@@H]2CCCC[C@@H]21. The lowest BCUT2D eigenvalue weighted by Crippen LogP contribution is -2.54. The maximum atomic E-state index is 2.79. The number of piperidine rings is 1. The van der Waals surface area contributed by atoms with Gasteiger partial charge in [0.25, 0.3) is 0 Å². The summed E-state index contributed by atoms with van der Waals surface area (Å²) in [5.41, 5.74) is 0. The van der Waals surface area contributed by atoms with Crippen molar-refractivity contribution in [3.8, 4) is 0 Å². The van der Waals surface area contributed by atoms with E-state index in [0.717, 1.165) is 23.9 Å². The Bertz CT molecular complexity index is 203. The molecule has 1 heteroatoms. The zero-order valence-corrected chi connectivity index (χ0v) is 10.1. The molecule has 3 fully saturated rings. The third-order valence-electron chi connectivity index (χ3n) is 5.39. The number of fused-ring (bicyclic) bond motifs is 2. The molecule has 1 saturated heterocycles. The summed E-state index contributed by atoms with van der Waals surface area (Å²) in [5, 5.41) is 0. The molecule has 1 heterocycles. The second-order valence-electron chi connectivity index (χ2n) is 6.12. The molecule has 1 aliphatic heterocycles. The predicted octanol–water partition coefficient (Wildman–Crippen LogP) is 3.44. The van der Waals surface area contributed by atoms with Crippen molar-refractivity contribution in [2.75, 3.05) is 7.05 Å². The molecule has 0 aromatic rings. The van der Waals surface area contributed by atoms with Gasteiger partial charge in [-0.15, -0.1) is 0 Å². The van der Waals surface area contributed by atoms with Gasteiger partial charge in [0.05, 0.1) is 0 Å². The molecule has 0 aromatic carbocycles. The average molecular weight is 207 g/mol. The van der Waals surface area contributed by atoms with Gasteiger partial charge in [-0.2, -0.15) is 0 Å². The summed E-state index contributed by atoms with van der Waals surface area (Å²) in [6, 6.07) is 1.91. The maximum absolute atomic E-state index is 2.79. The molecule has 0 radical (unpaired) electrons. The van der Waals surface area contributed by atoms with Gasteiger partial charge >= 0.3 is 0 Å². The third kappa shape index (κ3) is 1.73. The van der Waals surface area contributed by atoms with Gasteiger partial charge in [-0.25, -0.2) is 0 Å². The first-order chi connectivity index (χ1) is 7.36. The van der Waals surface area contributed by atoms with Crippen LogP contribution in [0.4, 0.5) is 0 Å². The third-order valence-corrected chi connectivity index (χ3v) is 5.39. The fourth-order valence-corrected chi connectivity index (χ4v) is 4.63. The molecule has 15 heavy (non-hydrogen) atoms. The first-order valence-electron chi connectivity index (χ1n) is 7.08. The van der Waals surface area contributed by atoms with Gasteiger partial charge < -0.3 is 0 Å². The van der Waals surface area contributed by atoms with E-state index in [4.69, 9.17) is 0 Å². The van der Waals surface area contributed by atoms with E-state index in [0.29, 0.717) is 0 Å². The highest BCUT2D eigenvalue weighted by atomic mass is 15.2. The lowest BCUT2D eigenvalue weighted by atomic mass is 9.68. The van der Waals surface area contributed by atoms with Crippen LogP contribution in [0.25, 0.3) is 0 Å². The zero-order chi connectivity index (χ0) is 10.3. The van der Waals surface area contributed by atoms with Crippen molar-refractivity contribution in [2.24, 2.45) is 11.8 Å². The van der Waals surface area contributed by atoms with Gasteiger partial charge in [0.2, 0.25) is 0 Å². The van der Waals surface area contributed by atoms with E-state index in [2.05, 4.69) is 11.9 Å². The van der Waals surface area contributed by atoms with Crippen molar-refractivity contribution in [1.29, 1.82) is 0 Å². The van der Waals surface area contributed by atoms with Crippen LogP contribution in [-0.2, 0) is 0 Å². The second kappa shape index (κ2) is 4.08. The van der Waals surface area contributed by atoms with Crippen LogP contribution in [0.5, 0.6) is 0 Å². The molecule has 3 rings (SSSR count). The van der Waals surface area contributed by atoms with E-state index >= 15 is 0 Å². The summed E-state index contributed by atoms with van der Waals surface area (Å²) in [5.74, 6) is 2.12. The lowest BCUT2D eigenvalue weighted by Gasteiger charge is -2.52. The fourth-order valence-electron chi connectivity index (χ4n) is 4.63. The normalized spacial score (nSPS) is 47.0. The number of hydrogen-bond donors (Lipinski definition) is 0. The van der Waals surface area contributed by atoms with E-state index in [9.17, 15) is 0 Å². The molecule has 0 N–H and O–H groups in total. The molecule has 86 valence electrons. The molecular formula is C14H25N. The summed E-state index contributed by atoms with van der Waals surface area (Å²) < 4.78 is 0. The summed E-state index contributed by atoms with van der Waals surface area (Å²) >= 11 is 0. The van der Waals surface area contributed by atoms with Gasteiger partial charge in [-0.1, -0.05) is 25.7 Å². The van der Waals surface area contributed by atoms with E-state index in [1.807, 2.05) is 0 Å². The van der Waals surface area contributed by atoms with Gasteiger partial charge in [0, 0.05) is 12.1 Å². The van der Waals surface area contributed by atoms with Crippen molar-refractivity contribution in [2.45, 2.75) is 69.9 Å². The van der Waals surface area contributed by atoms with E-state index in [-0.39, 0.29) is 0 Å². The van der Waals surface area contributed by atoms with Crippen LogP contribution in [-0.4, -0.2) is 24.0 Å². The number of rotatable bonds is 0. The Labute approximate surface area is 94.2 Å². The molecule has 4 atom stereocenters. The van der Waals surface area contributed by atoms with Crippen LogP contribution < -0.4 is 0 Å². The van der Waals surface area contributed by atoms with Crippen molar-refractivity contribution in [3.05, 3.63) is 0 Å². The second-order valence-corrected chi connectivity index (χ2v) is 6.12.